The lowest BCUT2D eigenvalue weighted by Gasteiger charge is -1.88. The summed E-state index contributed by atoms with van der Waals surface area (Å²) in [4.78, 5) is 0. The van der Waals surface area contributed by atoms with E-state index in [-0.39, 0.29) is 0 Å². The van der Waals surface area contributed by atoms with E-state index in [1.807, 2.05) is 18.2 Å². The molecule has 1 aliphatic heterocycles. The smallest absolute Gasteiger partial charge is 0.232 e. The van der Waals surface area contributed by atoms with Crippen LogP contribution in [0.3, 0.4) is 0 Å². The van der Waals surface area contributed by atoms with E-state index in [4.69, 9.17) is 9.47 Å². The molecule has 0 N–H and O–H groups in total. The van der Waals surface area contributed by atoms with Crippen LogP contribution in [0.1, 0.15) is 5.56 Å². The highest BCUT2D eigenvalue weighted by Crippen LogP contribution is 2.31. The van der Waals surface area contributed by atoms with Gasteiger partial charge in [0.1, 0.15) is 5.56 Å². The number of benzene rings is 1. The van der Waals surface area contributed by atoms with Crippen LogP contribution in [0.2, 0.25) is 0 Å². The molecule has 2 nitrogen and oxygen atoms in total. The van der Waals surface area contributed by atoms with Crippen LogP contribution in [0, 0.1) is 6.92 Å². The number of hydrogen-bond acceptors (Lipinski definition) is 2. The zero-order chi connectivity index (χ0) is 6.97. The fourth-order valence-electron chi connectivity index (χ4n) is 0.941. The Morgan fingerprint density at radius 2 is 2.00 bits per heavy atom. The van der Waals surface area contributed by atoms with Crippen molar-refractivity contribution in [1.29, 1.82) is 0 Å². The van der Waals surface area contributed by atoms with Gasteiger partial charge in [0, 0.05) is 19.1 Å². The molecule has 50 valence electrons. The summed E-state index contributed by atoms with van der Waals surface area (Å²) < 4.78 is 10.2. The standard InChI is InChI=1S/C8H7O2/c1-6-2-3-7-8(4-6)10-5-9-7/h2-4H,1,5H2/q+1. The molecule has 2 rings (SSSR count). The first-order chi connectivity index (χ1) is 4.86. The maximum absolute atomic E-state index is 5.12. The predicted molar refractivity (Wildman–Crippen MR) is 37.0 cm³/mol. The van der Waals surface area contributed by atoms with E-state index < -0.39 is 0 Å². The van der Waals surface area contributed by atoms with Crippen molar-refractivity contribution < 1.29 is 9.47 Å². The van der Waals surface area contributed by atoms with E-state index in [1.54, 1.807) is 0 Å². The summed E-state index contributed by atoms with van der Waals surface area (Å²) in [6, 6.07) is 5.63. The minimum atomic E-state index is 0.332. The maximum atomic E-state index is 5.12. The van der Waals surface area contributed by atoms with Crippen molar-refractivity contribution in [2.45, 2.75) is 0 Å². The molecular formula is C8H7O2+. The van der Waals surface area contributed by atoms with E-state index in [2.05, 4.69) is 6.92 Å². The van der Waals surface area contributed by atoms with Crippen molar-refractivity contribution in [2.75, 3.05) is 6.79 Å². The molecule has 0 aromatic heterocycles. The Balaban J connectivity index is 2.52. The number of ether oxygens (including phenoxy) is 2. The molecule has 0 atom stereocenters. The summed E-state index contributed by atoms with van der Waals surface area (Å²) in [5.41, 5.74) is 0.948. The average Bonchev–Trinajstić information content (AvgIpc) is 2.33. The summed E-state index contributed by atoms with van der Waals surface area (Å²) in [5.74, 6) is 1.61. The van der Waals surface area contributed by atoms with E-state index in [0.29, 0.717) is 6.79 Å². The second-order valence-electron chi connectivity index (χ2n) is 2.19. The van der Waals surface area contributed by atoms with Gasteiger partial charge in [-0.15, -0.1) is 0 Å². The third kappa shape index (κ3) is 0.692. The van der Waals surface area contributed by atoms with Crippen molar-refractivity contribution in [2.24, 2.45) is 0 Å². The van der Waals surface area contributed by atoms with E-state index in [9.17, 15) is 0 Å². The molecule has 0 saturated heterocycles. The SMILES string of the molecule is [CH2+]c1ccc2c(c1)OCO2. The lowest BCUT2D eigenvalue weighted by Crippen LogP contribution is -1.92. The molecular weight excluding hydrogens is 128 g/mol. The van der Waals surface area contributed by atoms with Crippen molar-refractivity contribution in [1.82, 2.24) is 0 Å². The lowest BCUT2D eigenvalue weighted by molar-refractivity contribution is 0.174. The van der Waals surface area contributed by atoms with Gasteiger partial charge in [-0.2, -0.15) is 0 Å². The topological polar surface area (TPSA) is 18.5 Å². The second-order valence-corrected chi connectivity index (χ2v) is 2.19. The molecule has 10 heavy (non-hydrogen) atoms. The molecule has 0 aliphatic carbocycles. The highest BCUT2D eigenvalue weighted by atomic mass is 16.7. The quantitative estimate of drug-likeness (QED) is 0.503. The van der Waals surface area contributed by atoms with Crippen molar-refractivity contribution >= 4 is 0 Å². The Kier molecular flexibility index (Phi) is 1.01. The van der Waals surface area contributed by atoms with E-state index in [1.165, 1.54) is 0 Å². The largest absolute Gasteiger partial charge is 0.451 e. The van der Waals surface area contributed by atoms with Gasteiger partial charge < -0.3 is 9.47 Å². The Hall–Kier alpha value is -1.31. The zero-order valence-corrected chi connectivity index (χ0v) is 5.46. The Morgan fingerprint density at radius 1 is 1.20 bits per heavy atom. The molecule has 1 aromatic rings. The molecule has 1 heterocycles. The normalized spacial score (nSPS) is 13.6. The zero-order valence-electron chi connectivity index (χ0n) is 5.46. The minimum absolute atomic E-state index is 0.332. The third-order valence-corrected chi connectivity index (χ3v) is 1.44. The van der Waals surface area contributed by atoms with Gasteiger partial charge in [0.2, 0.25) is 12.5 Å². The van der Waals surface area contributed by atoms with Crippen LogP contribution in [-0.2, 0) is 0 Å². The average molecular weight is 135 g/mol. The van der Waals surface area contributed by atoms with Crippen LogP contribution in [0.4, 0.5) is 0 Å². The molecule has 0 saturated carbocycles. The van der Waals surface area contributed by atoms with Gasteiger partial charge in [0.25, 0.3) is 0 Å². The monoisotopic (exact) mass is 135 g/mol. The molecule has 0 spiro atoms. The van der Waals surface area contributed by atoms with Crippen molar-refractivity contribution in [3.8, 4) is 11.5 Å². The highest BCUT2D eigenvalue weighted by molar-refractivity contribution is 5.45. The molecule has 1 aromatic carbocycles. The summed E-state index contributed by atoms with van der Waals surface area (Å²) in [7, 11) is 0. The minimum Gasteiger partial charge on any atom is -0.451 e. The maximum Gasteiger partial charge on any atom is 0.232 e. The summed E-state index contributed by atoms with van der Waals surface area (Å²) in [6.45, 7) is 4.09. The van der Waals surface area contributed by atoms with Crippen molar-refractivity contribution in [3.63, 3.8) is 0 Å². The Bertz CT molecular complexity index is 255. The van der Waals surface area contributed by atoms with Crippen LogP contribution in [0.15, 0.2) is 18.2 Å². The molecule has 0 radical (unpaired) electrons. The predicted octanol–water partition coefficient (Wildman–Crippen LogP) is 1.60. The first-order valence-electron chi connectivity index (χ1n) is 3.08. The van der Waals surface area contributed by atoms with Gasteiger partial charge >= 0.3 is 0 Å². The molecule has 0 bridgehead atoms. The summed E-state index contributed by atoms with van der Waals surface area (Å²) >= 11 is 0. The van der Waals surface area contributed by atoms with Gasteiger partial charge in [0.15, 0.2) is 5.75 Å². The van der Waals surface area contributed by atoms with Gasteiger partial charge in [-0.05, 0) is 0 Å². The van der Waals surface area contributed by atoms with Crippen LogP contribution < -0.4 is 9.47 Å². The third-order valence-electron chi connectivity index (χ3n) is 1.44. The van der Waals surface area contributed by atoms with E-state index in [0.717, 1.165) is 17.1 Å². The summed E-state index contributed by atoms with van der Waals surface area (Å²) in [6.07, 6.45) is 0. The summed E-state index contributed by atoms with van der Waals surface area (Å²) in [5, 5.41) is 0. The van der Waals surface area contributed by atoms with Gasteiger partial charge in [-0.1, -0.05) is 0 Å². The fraction of sp³-hybridized carbons (Fsp3) is 0.125. The number of hydrogen-bond donors (Lipinski definition) is 0. The first kappa shape index (κ1) is 5.47. The van der Waals surface area contributed by atoms with Crippen LogP contribution in [0.5, 0.6) is 11.5 Å². The second kappa shape index (κ2) is 1.84. The van der Waals surface area contributed by atoms with Crippen LogP contribution in [0.25, 0.3) is 0 Å². The first-order valence-corrected chi connectivity index (χ1v) is 3.08. The van der Waals surface area contributed by atoms with Gasteiger partial charge in [0.05, 0.1) is 6.07 Å². The van der Waals surface area contributed by atoms with Gasteiger partial charge in [-0.3, -0.25) is 0 Å². The number of fused-ring (bicyclic) bond motifs is 1. The molecule has 2 heteroatoms. The fourth-order valence-corrected chi connectivity index (χ4v) is 0.941. The Morgan fingerprint density at radius 3 is 2.90 bits per heavy atom. The molecule has 0 amide bonds. The van der Waals surface area contributed by atoms with Gasteiger partial charge in [-0.25, -0.2) is 0 Å². The molecule has 1 aliphatic rings. The van der Waals surface area contributed by atoms with Crippen LogP contribution >= 0.6 is 0 Å². The number of rotatable bonds is 0. The van der Waals surface area contributed by atoms with Crippen LogP contribution in [-0.4, -0.2) is 6.79 Å². The molecule has 0 fully saturated rings. The van der Waals surface area contributed by atoms with E-state index >= 15 is 0 Å². The van der Waals surface area contributed by atoms with Crippen molar-refractivity contribution in [3.05, 3.63) is 30.7 Å². The highest BCUT2D eigenvalue weighted by Gasteiger charge is 2.15. The molecule has 0 unspecified atom stereocenters. The Labute approximate surface area is 59.4 Å². The lowest BCUT2D eigenvalue weighted by atomic mass is 10.2.